The van der Waals surface area contributed by atoms with Crippen LogP contribution in [0.4, 0.5) is 5.13 Å². The van der Waals surface area contributed by atoms with E-state index in [4.69, 9.17) is 0 Å². The molecule has 6 nitrogen and oxygen atoms in total. The number of nitrogens with zero attached hydrogens (tertiary/aromatic N) is 4. The lowest BCUT2D eigenvalue weighted by Crippen LogP contribution is -2.48. The zero-order valence-corrected chi connectivity index (χ0v) is 11.7. The molecule has 0 saturated carbocycles. The van der Waals surface area contributed by atoms with Gasteiger partial charge in [-0.2, -0.15) is 0 Å². The van der Waals surface area contributed by atoms with E-state index in [0.29, 0.717) is 10.1 Å². The van der Waals surface area contributed by atoms with Crippen molar-refractivity contribution in [2.75, 3.05) is 45.1 Å². The topological polar surface area (TPSA) is 61.4 Å². The number of piperazine rings is 1. The van der Waals surface area contributed by atoms with Gasteiger partial charge in [0.05, 0.1) is 0 Å². The number of amides is 1. The zero-order chi connectivity index (χ0) is 13.0. The van der Waals surface area contributed by atoms with Crippen LogP contribution >= 0.6 is 11.3 Å². The fourth-order valence-corrected chi connectivity index (χ4v) is 2.70. The Morgan fingerprint density at radius 3 is 2.61 bits per heavy atom. The van der Waals surface area contributed by atoms with Crippen LogP contribution < -0.4 is 5.32 Å². The van der Waals surface area contributed by atoms with Crippen LogP contribution in [0.1, 0.15) is 23.1 Å². The molecule has 1 aromatic rings. The third-order valence-electron chi connectivity index (χ3n) is 3.02. The van der Waals surface area contributed by atoms with E-state index >= 15 is 0 Å². The second-order valence-corrected chi connectivity index (χ2v) is 5.27. The molecule has 7 heteroatoms. The lowest BCUT2D eigenvalue weighted by Gasteiger charge is -2.33. The number of anilines is 1. The molecule has 0 aromatic carbocycles. The Balaban J connectivity index is 1.91. The highest BCUT2D eigenvalue weighted by molar-refractivity contribution is 7.17. The third-order valence-corrected chi connectivity index (χ3v) is 3.95. The average Bonchev–Trinajstić information content (AvgIpc) is 2.88. The molecule has 18 heavy (non-hydrogen) atoms. The van der Waals surface area contributed by atoms with Gasteiger partial charge in [0.1, 0.15) is 0 Å². The van der Waals surface area contributed by atoms with Crippen LogP contribution in [-0.4, -0.2) is 65.7 Å². The quantitative estimate of drug-likeness (QED) is 0.874. The minimum Gasteiger partial charge on any atom is -0.363 e. The molecule has 2 rings (SSSR count). The summed E-state index contributed by atoms with van der Waals surface area (Å²) in [5, 5.41) is 11.9. The Kier molecular flexibility index (Phi) is 4.48. The highest BCUT2D eigenvalue weighted by Crippen LogP contribution is 2.17. The minimum absolute atomic E-state index is 0.00477. The van der Waals surface area contributed by atoms with E-state index in [-0.39, 0.29) is 5.91 Å². The van der Waals surface area contributed by atoms with Crippen LogP contribution in [0.15, 0.2) is 0 Å². The molecule has 100 valence electrons. The molecule has 0 spiro atoms. The number of nitrogens with one attached hydrogen (secondary N) is 1. The molecular weight excluding hydrogens is 250 g/mol. The van der Waals surface area contributed by atoms with Gasteiger partial charge in [-0.15, -0.1) is 10.2 Å². The molecule has 1 aliphatic rings. The number of hydrogen-bond donors (Lipinski definition) is 1. The van der Waals surface area contributed by atoms with Crippen LogP contribution in [0.25, 0.3) is 0 Å². The first-order chi connectivity index (χ1) is 8.74. The van der Waals surface area contributed by atoms with Crippen molar-refractivity contribution in [1.82, 2.24) is 20.0 Å². The maximum Gasteiger partial charge on any atom is 0.284 e. The predicted octanol–water partition coefficient (Wildman–Crippen LogP) is 0.748. The van der Waals surface area contributed by atoms with Gasteiger partial charge in [-0.05, 0) is 13.0 Å². The summed E-state index contributed by atoms with van der Waals surface area (Å²) in [6.07, 6.45) is 1.16. The first kappa shape index (κ1) is 13.2. The van der Waals surface area contributed by atoms with Crippen molar-refractivity contribution in [2.24, 2.45) is 0 Å². The van der Waals surface area contributed by atoms with Gasteiger partial charge in [-0.3, -0.25) is 9.69 Å². The van der Waals surface area contributed by atoms with E-state index in [0.717, 1.165) is 39.1 Å². The van der Waals surface area contributed by atoms with Gasteiger partial charge in [-0.25, -0.2) is 0 Å². The first-order valence-corrected chi connectivity index (χ1v) is 7.09. The van der Waals surface area contributed by atoms with Gasteiger partial charge in [0, 0.05) is 33.2 Å². The molecule has 0 aliphatic carbocycles. The maximum absolute atomic E-state index is 12.2. The number of rotatable bonds is 4. The molecule has 1 fully saturated rings. The summed E-state index contributed by atoms with van der Waals surface area (Å²) in [6, 6.07) is 0. The van der Waals surface area contributed by atoms with Crippen molar-refractivity contribution in [3.8, 4) is 0 Å². The Bertz CT molecular complexity index is 400. The lowest BCUT2D eigenvalue weighted by atomic mass is 10.3. The Morgan fingerprint density at radius 1 is 1.33 bits per heavy atom. The summed E-state index contributed by atoms with van der Waals surface area (Å²) in [5.74, 6) is 0.00477. The standard InChI is InChI=1S/C11H19N5OS/c1-3-4-15-5-7-16(8-6-15)10(17)9-13-14-11(12-2)18-9/h3-8H2,1-2H3,(H,12,14). The van der Waals surface area contributed by atoms with Gasteiger partial charge in [0.15, 0.2) is 0 Å². The van der Waals surface area contributed by atoms with Crippen molar-refractivity contribution in [2.45, 2.75) is 13.3 Å². The van der Waals surface area contributed by atoms with Crippen LogP contribution in [0.3, 0.4) is 0 Å². The second kappa shape index (κ2) is 6.10. The van der Waals surface area contributed by atoms with Gasteiger partial charge in [-0.1, -0.05) is 18.3 Å². The lowest BCUT2D eigenvalue weighted by molar-refractivity contribution is 0.0636. The van der Waals surface area contributed by atoms with Crippen molar-refractivity contribution >= 4 is 22.4 Å². The van der Waals surface area contributed by atoms with E-state index in [1.54, 1.807) is 7.05 Å². The average molecular weight is 269 g/mol. The molecular formula is C11H19N5OS. The predicted molar refractivity (Wildman–Crippen MR) is 72.1 cm³/mol. The van der Waals surface area contributed by atoms with Crippen molar-refractivity contribution in [1.29, 1.82) is 0 Å². The van der Waals surface area contributed by atoms with Crippen LogP contribution in [0.2, 0.25) is 0 Å². The third kappa shape index (κ3) is 2.97. The summed E-state index contributed by atoms with van der Waals surface area (Å²) >= 11 is 1.31. The van der Waals surface area contributed by atoms with Gasteiger partial charge in [0.2, 0.25) is 10.1 Å². The second-order valence-electron chi connectivity index (χ2n) is 4.30. The summed E-state index contributed by atoms with van der Waals surface area (Å²) in [5.41, 5.74) is 0. The molecule has 0 bridgehead atoms. The van der Waals surface area contributed by atoms with Gasteiger partial charge >= 0.3 is 0 Å². The summed E-state index contributed by atoms with van der Waals surface area (Å²) in [4.78, 5) is 16.4. The molecule has 1 N–H and O–H groups in total. The molecule has 1 aromatic heterocycles. The van der Waals surface area contributed by atoms with Crippen molar-refractivity contribution < 1.29 is 4.79 Å². The normalized spacial score (nSPS) is 16.9. The van der Waals surface area contributed by atoms with Crippen molar-refractivity contribution in [3.63, 3.8) is 0 Å². The SMILES string of the molecule is CCCN1CCN(C(=O)c2nnc(NC)s2)CC1. The van der Waals surface area contributed by atoms with Crippen LogP contribution in [-0.2, 0) is 0 Å². The fraction of sp³-hybridized carbons (Fsp3) is 0.727. The molecule has 1 amide bonds. The molecule has 2 heterocycles. The molecule has 0 atom stereocenters. The van der Waals surface area contributed by atoms with Crippen molar-refractivity contribution in [3.05, 3.63) is 5.01 Å². The first-order valence-electron chi connectivity index (χ1n) is 6.27. The van der Waals surface area contributed by atoms with E-state index in [1.165, 1.54) is 11.3 Å². The number of carbonyl (C=O) groups excluding carboxylic acids is 1. The number of hydrogen-bond acceptors (Lipinski definition) is 6. The Labute approximate surface area is 111 Å². The largest absolute Gasteiger partial charge is 0.363 e. The molecule has 1 aliphatic heterocycles. The van der Waals surface area contributed by atoms with Crippen LogP contribution in [0.5, 0.6) is 0 Å². The maximum atomic E-state index is 12.2. The highest BCUT2D eigenvalue weighted by atomic mass is 32.1. The Morgan fingerprint density at radius 2 is 2.06 bits per heavy atom. The summed E-state index contributed by atoms with van der Waals surface area (Å²) < 4.78 is 0. The van der Waals surface area contributed by atoms with E-state index < -0.39 is 0 Å². The van der Waals surface area contributed by atoms with E-state index in [2.05, 4.69) is 27.3 Å². The molecule has 1 saturated heterocycles. The Hall–Kier alpha value is -1.21. The highest BCUT2D eigenvalue weighted by Gasteiger charge is 2.24. The monoisotopic (exact) mass is 269 g/mol. The molecule has 0 unspecified atom stereocenters. The summed E-state index contributed by atoms with van der Waals surface area (Å²) in [7, 11) is 1.78. The summed E-state index contributed by atoms with van der Waals surface area (Å²) in [6.45, 7) is 6.78. The van der Waals surface area contributed by atoms with Crippen LogP contribution in [0, 0.1) is 0 Å². The minimum atomic E-state index is 0.00477. The number of carbonyl (C=O) groups is 1. The smallest absolute Gasteiger partial charge is 0.284 e. The number of aromatic nitrogens is 2. The fourth-order valence-electron chi connectivity index (χ4n) is 2.04. The van der Waals surface area contributed by atoms with Gasteiger partial charge < -0.3 is 10.2 Å². The van der Waals surface area contributed by atoms with Gasteiger partial charge in [0.25, 0.3) is 5.91 Å². The zero-order valence-electron chi connectivity index (χ0n) is 10.8. The van der Waals surface area contributed by atoms with E-state index in [9.17, 15) is 4.79 Å². The van der Waals surface area contributed by atoms with E-state index in [1.807, 2.05) is 4.90 Å². The molecule has 0 radical (unpaired) electrons.